The number of amides is 2. The molecule has 0 fully saturated rings. The molecule has 7 heterocycles. The first-order valence-corrected chi connectivity index (χ1v) is 19.3. The lowest BCUT2D eigenvalue weighted by atomic mass is 10.0. The largest absolute Gasteiger partial charge is 0.477 e. The second kappa shape index (κ2) is 26.2. The third kappa shape index (κ3) is 13.8. The van der Waals surface area contributed by atoms with E-state index < -0.39 is 5.97 Å². The van der Waals surface area contributed by atoms with E-state index in [1.807, 2.05) is 58.0 Å². The highest BCUT2D eigenvalue weighted by atomic mass is 16.4. The number of nitrogens with two attached hydrogens (primary N) is 2. The second-order valence-corrected chi connectivity index (χ2v) is 12.1. The van der Waals surface area contributed by atoms with Crippen molar-refractivity contribution in [3.63, 3.8) is 0 Å². The summed E-state index contributed by atoms with van der Waals surface area (Å²) in [4.78, 5) is 85.7. The Morgan fingerprint density at radius 2 is 1.05 bits per heavy atom. The zero-order valence-electron chi connectivity index (χ0n) is 34.7. The standard InChI is InChI=1S/C16H17N3O2.C12H8N4O.C10H14N2O.C6H5NO2.H4N2/c1-3-19(4-2)16(21)14-12(8-7-11-18-14)15(20)13-9-5-6-10-17-13;17-12-11-8(4-3-7-14-11)10(15-16-12)9-5-1-2-6-13-9;1-3-12(4-2)10(13)9-7-5-6-8-11-9;8-6(9)5-3-1-2-4-7-5;1-2/h5-11H,3-4H2,1-2H3;1-7H,(H,16,17);5-8H,3-4H2,1-2H3;1-4H,(H,8,9);1-2H2. The number of ketones is 1. The smallest absolute Gasteiger partial charge is 0.354 e. The molecule has 0 unspecified atom stereocenters. The lowest BCUT2D eigenvalue weighted by molar-refractivity contribution is 0.0688. The fourth-order valence-corrected chi connectivity index (χ4v) is 5.40. The molecule has 0 saturated carbocycles. The number of aromatic nitrogens is 8. The first kappa shape index (κ1) is 48.4. The summed E-state index contributed by atoms with van der Waals surface area (Å²) in [7, 11) is 0. The van der Waals surface area contributed by atoms with Crippen molar-refractivity contribution in [2.75, 3.05) is 26.2 Å². The lowest BCUT2D eigenvalue weighted by Crippen LogP contribution is -2.32. The molecular formula is C44H48N12O6. The van der Waals surface area contributed by atoms with Gasteiger partial charge in [0.25, 0.3) is 17.4 Å². The first-order valence-electron chi connectivity index (χ1n) is 19.3. The Labute approximate surface area is 357 Å². The number of carboxylic acid groups (broad SMARTS) is 1. The van der Waals surface area contributed by atoms with Crippen LogP contribution in [0.2, 0.25) is 0 Å². The highest BCUT2D eigenvalue weighted by Gasteiger charge is 2.23. The maximum Gasteiger partial charge on any atom is 0.354 e. The van der Waals surface area contributed by atoms with Gasteiger partial charge in [-0.2, -0.15) is 5.10 Å². The van der Waals surface area contributed by atoms with Crippen molar-refractivity contribution in [3.8, 4) is 11.4 Å². The van der Waals surface area contributed by atoms with E-state index >= 15 is 0 Å². The Morgan fingerprint density at radius 3 is 1.55 bits per heavy atom. The van der Waals surface area contributed by atoms with E-state index in [1.165, 1.54) is 18.5 Å². The van der Waals surface area contributed by atoms with Crippen LogP contribution in [0.4, 0.5) is 0 Å². The minimum atomic E-state index is -0.990. The Kier molecular flexibility index (Phi) is 20.5. The van der Waals surface area contributed by atoms with Crippen LogP contribution in [0.15, 0.2) is 139 Å². The van der Waals surface area contributed by atoms with E-state index in [1.54, 1.807) is 95.3 Å². The topological polar surface area (TPSA) is 270 Å². The van der Waals surface area contributed by atoms with Gasteiger partial charge in [-0.3, -0.25) is 55.8 Å². The zero-order chi connectivity index (χ0) is 45.3. The predicted octanol–water partition coefficient (Wildman–Crippen LogP) is 4.73. The van der Waals surface area contributed by atoms with Crippen molar-refractivity contribution in [1.82, 2.24) is 49.9 Å². The summed E-state index contributed by atoms with van der Waals surface area (Å²) < 4.78 is 0. The maximum atomic E-state index is 12.5. The third-order valence-corrected chi connectivity index (χ3v) is 8.48. The summed E-state index contributed by atoms with van der Waals surface area (Å²) in [6.07, 6.45) is 9.42. The normalized spacial score (nSPS) is 9.77. The fraction of sp³-hybridized carbons (Fsp3) is 0.182. The number of H-pyrrole nitrogens is 1. The Hall–Kier alpha value is -7.96. The summed E-state index contributed by atoms with van der Waals surface area (Å²) in [6, 6.07) is 27.6. The van der Waals surface area contributed by atoms with Gasteiger partial charge in [-0.05, 0) is 100 Å². The summed E-state index contributed by atoms with van der Waals surface area (Å²) in [5.41, 5.74) is 2.80. The molecule has 2 amide bonds. The minimum Gasteiger partial charge on any atom is -0.477 e. The molecule has 0 aliphatic carbocycles. The molecule has 0 bridgehead atoms. The molecule has 0 aliphatic heterocycles. The summed E-state index contributed by atoms with van der Waals surface area (Å²) >= 11 is 0. The number of pyridine rings is 6. The quantitative estimate of drug-likeness (QED) is 0.0823. The second-order valence-electron chi connectivity index (χ2n) is 12.1. The van der Waals surface area contributed by atoms with Gasteiger partial charge in [0.1, 0.15) is 34.0 Å². The molecule has 0 aliphatic rings. The van der Waals surface area contributed by atoms with Crippen molar-refractivity contribution in [2.24, 2.45) is 11.7 Å². The molecule has 0 atom stereocenters. The number of hydrogen-bond donors (Lipinski definition) is 4. The SMILES string of the molecule is CCN(CC)C(=O)c1ccccn1.CCN(CC)C(=O)c1ncccc1C(=O)c1ccccn1.NN.O=C(O)c1ccccn1.O=c1[nH]nc(-c2ccccn2)c2cccnc12. The molecule has 0 spiro atoms. The van der Waals surface area contributed by atoms with Crippen molar-refractivity contribution in [2.45, 2.75) is 27.7 Å². The highest BCUT2D eigenvalue weighted by molar-refractivity contribution is 6.13. The molecule has 0 aromatic carbocycles. The van der Waals surface area contributed by atoms with Crippen molar-refractivity contribution < 1.29 is 24.3 Å². The molecule has 7 aromatic heterocycles. The summed E-state index contributed by atoms with van der Waals surface area (Å²) in [5.74, 6) is 6.49. The lowest BCUT2D eigenvalue weighted by Gasteiger charge is -2.19. The maximum absolute atomic E-state index is 12.5. The van der Waals surface area contributed by atoms with Crippen LogP contribution in [0.1, 0.15) is 75.2 Å². The van der Waals surface area contributed by atoms with Crippen LogP contribution in [0.3, 0.4) is 0 Å². The average Bonchev–Trinajstić information content (AvgIpc) is 3.34. The molecule has 18 heteroatoms. The van der Waals surface area contributed by atoms with E-state index in [2.05, 4.69) is 51.8 Å². The number of fused-ring (bicyclic) bond motifs is 1. The zero-order valence-corrected chi connectivity index (χ0v) is 34.7. The molecular weight excluding hydrogens is 793 g/mol. The predicted molar refractivity (Wildman–Crippen MR) is 234 cm³/mol. The van der Waals surface area contributed by atoms with Gasteiger partial charge in [0.05, 0.1) is 11.3 Å². The molecule has 7 aromatic rings. The number of nitrogens with one attached hydrogen (secondary N) is 1. The number of hydrogen-bond acceptors (Lipinski definition) is 14. The van der Waals surface area contributed by atoms with Gasteiger partial charge < -0.3 is 14.9 Å². The van der Waals surface area contributed by atoms with Gasteiger partial charge >= 0.3 is 5.97 Å². The van der Waals surface area contributed by atoms with Crippen LogP contribution in [0.5, 0.6) is 0 Å². The molecule has 7 rings (SSSR count). The number of aromatic amines is 1. The van der Waals surface area contributed by atoms with Crippen LogP contribution in [-0.4, -0.2) is 105 Å². The van der Waals surface area contributed by atoms with Gasteiger partial charge in [-0.1, -0.05) is 24.3 Å². The molecule has 18 nitrogen and oxygen atoms in total. The molecule has 0 saturated heterocycles. The van der Waals surface area contributed by atoms with E-state index in [4.69, 9.17) is 5.11 Å². The van der Waals surface area contributed by atoms with Crippen molar-refractivity contribution in [1.29, 1.82) is 0 Å². The van der Waals surface area contributed by atoms with Crippen LogP contribution in [0.25, 0.3) is 22.3 Å². The van der Waals surface area contributed by atoms with E-state index in [0.29, 0.717) is 46.8 Å². The number of nitrogens with zero attached hydrogens (tertiary/aromatic N) is 9. The van der Waals surface area contributed by atoms with E-state index in [9.17, 15) is 24.0 Å². The summed E-state index contributed by atoms with van der Waals surface area (Å²) in [5, 5.41) is 15.5. The van der Waals surface area contributed by atoms with E-state index in [-0.39, 0.29) is 40.1 Å². The summed E-state index contributed by atoms with van der Waals surface area (Å²) in [6.45, 7) is 10.3. The first-order chi connectivity index (χ1) is 30.1. The van der Waals surface area contributed by atoms with Gasteiger partial charge in [-0.15, -0.1) is 0 Å². The van der Waals surface area contributed by atoms with Gasteiger partial charge in [-0.25, -0.2) is 14.9 Å². The van der Waals surface area contributed by atoms with Crippen LogP contribution < -0.4 is 17.2 Å². The number of carboxylic acids is 1. The third-order valence-electron chi connectivity index (χ3n) is 8.48. The van der Waals surface area contributed by atoms with Crippen LogP contribution in [-0.2, 0) is 0 Å². The molecule has 0 radical (unpaired) electrons. The van der Waals surface area contributed by atoms with Crippen LogP contribution in [0, 0.1) is 0 Å². The van der Waals surface area contributed by atoms with Crippen LogP contribution >= 0.6 is 0 Å². The molecule has 62 heavy (non-hydrogen) atoms. The molecule has 6 N–H and O–H groups in total. The van der Waals surface area contributed by atoms with Crippen molar-refractivity contribution in [3.05, 3.63) is 173 Å². The Balaban J connectivity index is 0.000000226. The van der Waals surface area contributed by atoms with Gasteiger partial charge in [0, 0.05) is 68.7 Å². The van der Waals surface area contributed by atoms with E-state index in [0.717, 1.165) is 13.1 Å². The molecule has 320 valence electrons. The van der Waals surface area contributed by atoms with Gasteiger partial charge in [0.15, 0.2) is 0 Å². The fourth-order valence-electron chi connectivity index (χ4n) is 5.40. The number of carbonyl (C=O) groups is 4. The number of hydrazine groups is 1. The average molecular weight is 841 g/mol. The highest BCUT2D eigenvalue weighted by Crippen LogP contribution is 2.20. The Bertz CT molecular complexity index is 2510. The Morgan fingerprint density at radius 1 is 0.565 bits per heavy atom. The number of aromatic carboxylic acids is 1. The van der Waals surface area contributed by atoms with Crippen molar-refractivity contribution >= 4 is 34.5 Å². The minimum absolute atomic E-state index is 0.00519. The monoisotopic (exact) mass is 840 g/mol. The van der Waals surface area contributed by atoms with Gasteiger partial charge in [0.2, 0.25) is 5.78 Å². The number of rotatable bonds is 10. The number of carbonyl (C=O) groups excluding carboxylic acids is 3.